The summed E-state index contributed by atoms with van der Waals surface area (Å²) in [6, 6.07) is 0. The molecule has 0 aromatic carbocycles. The van der Waals surface area contributed by atoms with Crippen molar-refractivity contribution in [3.05, 3.63) is 0 Å². The van der Waals surface area contributed by atoms with Gasteiger partial charge in [0.2, 0.25) is 0 Å². The fraction of sp³-hybridized carbons (Fsp3) is 0.857. The summed E-state index contributed by atoms with van der Waals surface area (Å²) in [6.45, 7) is 2.70. The van der Waals surface area contributed by atoms with Crippen molar-refractivity contribution in [3.8, 4) is 0 Å². The van der Waals surface area contributed by atoms with E-state index in [1.54, 1.807) is 12.0 Å². The van der Waals surface area contributed by atoms with E-state index in [0.717, 1.165) is 0 Å². The lowest BCUT2D eigenvalue weighted by atomic mass is 10.1. The highest BCUT2D eigenvalue weighted by molar-refractivity contribution is 5.81. The van der Waals surface area contributed by atoms with Crippen LogP contribution < -0.4 is 0 Å². The second-order valence-electron chi connectivity index (χ2n) is 2.78. The van der Waals surface area contributed by atoms with Crippen LogP contribution >= 0.6 is 0 Å². The van der Waals surface area contributed by atoms with E-state index >= 15 is 0 Å². The van der Waals surface area contributed by atoms with Crippen molar-refractivity contribution in [2.75, 3.05) is 20.2 Å². The molecule has 1 N–H and O–H groups in total. The Bertz CT molecular complexity index is 152. The van der Waals surface area contributed by atoms with Gasteiger partial charge in [-0.1, -0.05) is 0 Å². The molecule has 1 fully saturated rings. The number of methoxy groups -OCH3 is 1. The quantitative estimate of drug-likeness (QED) is 0.575. The van der Waals surface area contributed by atoms with E-state index in [1.165, 1.54) is 6.92 Å². The van der Waals surface area contributed by atoms with Gasteiger partial charge < -0.3 is 14.7 Å². The minimum atomic E-state index is -0.882. The van der Waals surface area contributed by atoms with Gasteiger partial charge in [-0.15, -0.1) is 0 Å². The molecule has 1 saturated heterocycles. The van der Waals surface area contributed by atoms with Gasteiger partial charge >= 0.3 is 0 Å². The standard InChI is InChI=1S/C7H13NO3/c1-5(9)7(10)8-3-6(4-8)11-2/h5-6,9H,3-4H2,1-2H3. The molecule has 0 spiro atoms. The highest BCUT2D eigenvalue weighted by Gasteiger charge is 2.31. The van der Waals surface area contributed by atoms with Gasteiger partial charge in [0.1, 0.15) is 6.10 Å². The Kier molecular flexibility index (Phi) is 2.46. The third-order valence-corrected chi connectivity index (χ3v) is 1.85. The summed E-state index contributed by atoms with van der Waals surface area (Å²) in [4.78, 5) is 12.6. The molecule has 1 aliphatic heterocycles. The molecular weight excluding hydrogens is 146 g/mol. The number of ether oxygens (including phenoxy) is 1. The van der Waals surface area contributed by atoms with Gasteiger partial charge in [0, 0.05) is 20.2 Å². The molecule has 1 heterocycles. The molecule has 11 heavy (non-hydrogen) atoms. The number of likely N-dealkylation sites (tertiary alicyclic amines) is 1. The zero-order chi connectivity index (χ0) is 8.43. The van der Waals surface area contributed by atoms with Crippen molar-refractivity contribution >= 4 is 5.91 Å². The van der Waals surface area contributed by atoms with Crippen molar-refractivity contribution in [3.63, 3.8) is 0 Å². The Morgan fingerprint density at radius 3 is 2.64 bits per heavy atom. The van der Waals surface area contributed by atoms with Crippen molar-refractivity contribution < 1.29 is 14.6 Å². The van der Waals surface area contributed by atoms with Gasteiger partial charge in [0.05, 0.1) is 6.10 Å². The van der Waals surface area contributed by atoms with E-state index < -0.39 is 6.10 Å². The first kappa shape index (κ1) is 8.49. The molecule has 0 aliphatic carbocycles. The van der Waals surface area contributed by atoms with Crippen LogP contribution in [0.5, 0.6) is 0 Å². The molecule has 1 amide bonds. The zero-order valence-corrected chi connectivity index (χ0v) is 6.78. The van der Waals surface area contributed by atoms with Gasteiger partial charge in [0.25, 0.3) is 5.91 Å². The minimum Gasteiger partial charge on any atom is -0.384 e. The molecule has 0 aromatic rings. The van der Waals surface area contributed by atoms with Crippen molar-refractivity contribution in [2.24, 2.45) is 0 Å². The van der Waals surface area contributed by atoms with E-state index in [4.69, 9.17) is 9.84 Å². The lowest BCUT2D eigenvalue weighted by molar-refractivity contribution is -0.151. The molecule has 0 aromatic heterocycles. The van der Waals surface area contributed by atoms with Crippen molar-refractivity contribution in [1.29, 1.82) is 0 Å². The monoisotopic (exact) mass is 159 g/mol. The number of aliphatic hydroxyl groups excluding tert-OH is 1. The van der Waals surface area contributed by atoms with E-state index in [0.29, 0.717) is 13.1 Å². The van der Waals surface area contributed by atoms with Gasteiger partial charge in [-0.25, -0.2) is 0 Å². The fourth-order valence-corrected chi connectivity index (χ4v) is 1.03. The number of aliphatic hydroxyl groups is 1. The van der Waals surface area contributed by atoms with Crippen LogP contribution in [0, 0.1) is 0 Å². The number of hydrogen-bond acceptors (Lipinski definition) is 3. The largest absolute Gasteiger partial charge is 0.384 e. The first-order valence-electron chi connectivity index (χ1n) is 3.64. The molecule has 0 radical (unpaired) electrons. The van der Waals surface area contributed by atoms with Crippen LogP contribution in [0.15, 0.2) is 0 Å². The molecule has 0 bridgehead atoms. The Hall–Kier alpha value is -0.610. The second kappa shape index (κ2) is 3.19. The first-order valence-corrected chi connectivity index (χ1v) is 3.64. The molecular formula is C7H13NO3. The van der Waals surface area contributed by atoms with Crippen LogP contribution in [-0.2, 0) is 9.53 Å². The average Bonchev–Trinajstić information content (AvgIpc) is 1.85. The van der Waals surface area contributed by atoms with Gasteiger partial charge in [-0.2, -0.15) is 0 Å². The SMILES string of the molecule is COC1CN(C(=O)C(C)O)C1. The summed E-state index contributed by atoms with van der Waals surface area (Å²) in [6.07, 6.45) is -0.717. The van der Waals surface area contributed by atoms with Crippen LogP contribution in [-0.4, -0.2) is 48.3 Å². The van der Waals surface area contributed by atoms with E-state index in [-0.39, 0.29) is 12.0 Å². The summed E-state index contributed by atoms with van der Waals surface area (Å²) < 4.78 is 4.97. The Morgan fingerprint density at radius 2 is 2.27 bits per heavy atom. The van der Waals surface area contributed by atoms with E-state index in [2.05, 4.69) is 0 Å². The molecule has 0 saturated carbocycles. The van der Waals surface area contributed by atoms with Crippen LogP contribution in [0.4, 0.5) is 0 Å². The predicted octanol–water partition coefficient (Wildman–Crippen LogP) is -0.776. The summed E-state index contributed by atoms with van der Waals surface area (Å²) in [5.74, 6) is -0.210. The number of carbonyl (C=O) groups is 1. The third-order valence-electron chi connectivity index (χ3n) is 1.85. The van der Waals surface area contributed by atoms with Crippen LogP contribution in [0.2, 0.25) is 0 Å². The summed E-state index contributed by atoms with van der Waals surface area (Å²) in [5.41, 5.74) is 0. The average molecular weight is 159 g/mol. The molecule has 1 unspecified atom stereocenters. The number of amides is 1. The zero-order valence-electron chi connectivity index (χ0n) is 6.78. The molecule has 1 atom stereocenters. The second-order valence-corrected chi connectivity index (χ2v) is 2.78. The van der Waals surface area contributed by atoms with E-state index in [9.17, 15) is 4.79 Å². The highest BCUT2D eigenvalue weighted by Crippen LogP contribution is 2.11. The summed E-state index contributed by atoms with van der Waals surface area (Å²) in [7, 11) is 1.62. The summed E-state index contributed by atoms with van der Waals surface area (Å²) >= 11 is 0. The Balaban J connectivity index is 2.27. The maximum Gasteiger partial charge on any atom is 0.251 e. The number of carbonyl (C=O) groups excluding carboxylic acids is 1. The van der Waals surface area contributed by atoms with E-state index in [1.807, 2.05) is 0 Å². The Labute approximate surface area is 65.8 Å². The topological polar surface area (TPSA) is 49.8 Å². The Morgan fingerprint density at radius 1 is 1.73 bits per heavy atom. The lowest BCUT2D eigenvalue weighted by Crippen LogP contribution is -2.56. The van der Waals surface area contributed by atoms with Gasteiger partial charge in [-0.05, 0) is 6.92 Å². The molecule has 4 heteroatoms. The fourth-order valence-electron chi connectivity index (χ4n) is 1.03. The lowest BCUT2D eigenvalue weighted by Gasteiger charge is -2.38. The molecule has 64 valence electrons. The minimum absolute atomic E-state index is 0.165. The molecule has 1 aliphatic rings. The molecule has 4 nitrogen and oxygen atoms in total. The highest BCUT2D eigenvalue weighted by atomic mass is 16.5. The number of nitrogens with zero attached hydrogens (tertiary/aromatic N) is 1. The van der Waals surface area contributed by atoms with Crippen LogP contribution in [0.1, 0.15) is 6.92 Å². The smallest absolute Gasteiger partial charge is 0.251 e. The van der Waals surface area contributed by atoms with Gasteiger partial charge in [-0.3, -0.25) is 4.79 Å². The predicted molar refractivity (Wildman–Crippen MR) is 39.1 cm³/mol. The third kappa shape index (κ3) is 1.70. The molecule has 1 rings (SSSR count). The first-order chi connectivity index (χ1) is 5.15. The number of hydrogen-bond donors (Lipinski definition) is 1. The van der Waals surface area contributed by atoms with Gasteiger partial charge in [0.15, 0.2) is 0 Å². The normalized spacial score (nSPS) is 21.2. The van der Waals surface area contributed by atoms with Crippen molar-refractivity contribution in [1.82, 2.24) is 4.90 Å². The number of rotatable bonds is 2. The van der Waals surface area contributed by atoms with Crippen molar-refractivity contribution in [2.45, 2.75) is 19.1 Å². The summed E-state index contributed by atoms with van der Waals surface area (Å²) in [5, 5.41) is 8.88. The van der Waals surface area contributed by atoms with Crippen LogP contribution in [0.3, 0.4) is 0 Å². The maximum atomic E-state index is 11.0. The maximum absolute atomic E-state index is 11.0. The van der Waals surface area contributed by atoms with Crippen LogP contribution in [0.25, 0.3) is 0 Å².